The van der Waals surface area contributed by atoms with Crippen molar-refractivity contribution in [1.29, 1.82) is 0 Å². The summed E-state index contributed by atoms with van der Waals surface area (Å²) in [6.07, 6.45) is 12.6. The molecular formula is C39H47FN6O3. The number of likely N-dealkylation sites (tertiary alicyclic amines) is 1. The van der Waals surface area contributed by atoms with Gasteiger partial charge in [0.2, 0.25) is 5.43 Å². The van der Waals surface area contributed by atoms with E-state index in [4.69, 9.17) is 4.74 Å². The molecule has 2 N–H and O–H groups in total. The van der Waals surface area contributed by atoms with Crippen LogP contribution < -0.4 is 36.1 Å². The van der Waals surface area contributed by atoms with Crippen LogP contribution in [0.5, 0.6) is 5.75 Å². The summed E-state index contributed by atoms with van der Waals surface area (Å²) in [7, 11) is 3.88. The zero-order chi connectivity index (χ0) is 34.5. The molecule has 2 fully saturated rings. The van der Waals surface area contributed by atoms with Crippen LogP contribution >= 0.6 is 0 Å². The van der Waals surface area contributed by atoms with Crippen molar-refractivity contribution in [3.05, 3.63) is 98.7 Å². The first-order valence-corrected chi connectivity index (χ1v) is 17.5. The topological polar surface area (TPSA) is 91.7 Å². The van der Waals surface area contributed by atoms with Gasteiger partial charge in [-0.3, -0.25) is 14.6 Å². The molecule has 0 spiro atoms. The van der Waals surface area contributed by atoms with Gasteiger partial charge >= 0.3 is 0 Å². The predicted octanol–water partition coefficient (Wildman–Crippen LogP) is 3.88. The van der Waals surface area contributed by atoms with E-state index in [0.717, 1.165) is 41.8 Å². The van der Waals surface area contributed by atoms with Crippen molar-refractivity contribution in [1.82, 2.24) is 25.1 Å². The minimum absolute atomic E-state index is 0.0109. The Morgan fingerprint density at radius 2 is 1.94 bits per heavy atom. The van der Waals surface area contributed by atoms with Crippen LogP contribution in [-0.4, -0.2) is 72.3 Å². The molecule has 3 aliphatic rings. The summed E-state index contributed by atoms with van der Waals surface area (Å²) >= 11 is 0. The molecule has 7 rings (SSSR count). The molecule has 2 aromatic heterocycles. The van der Waals surface area contributed by atoms with Crippen molar-refractivity contribution < 1.29 is 13.9 Å². The number of halogens is 1. The van der Waals surface area contributed by atoms with Gasteiger partial charge in [-0.25, -0.2) is 4.39 Å². The van der Waals surface area contributed by atoms with E-state index in [-0.39, 0.29) is 23.1 Å². The van der Waals surface area contributed by atoms with E-state index in [1.54, 1.807) is 24.0 Å². The molecule has 9 nitrogen and oxygen atoms in total. The number of ether oxygens (including phenoxy) is 1. The second-order valence-corrected chi connectivity index (χ2v) is 12.9. The summed E-state index contributed by atoms with van der Waals surface area (Å²) in [5.74, 6) is -0.705. The summed E-state index contributed by atoms with van der Waals surface area (Å²) in [5.41, 5.74) is 1.26. The largest absolute Gasteiger partial charge is 0.481 e. The zero-order valence-electron chi connectivity index (χ0n) is 28.9. The number of aromatic nitrogens is 2. The van der Waals surface area contributed by atoms with Crippen molar-refractivity contribution in [2.24, 2.45) is 7.05 Å². The molecular weight excluding hydrogens is 619 g/mol. The average Bonchev–Trinajstić information content (AvgIpc) is 3.54. The number of pyridine rings is 2. The van der Waals surface area contributed by atoms with Crippen molar-refractivity contribution in [2.45, 2.75) is 57.7 Å². The lowest BCUT2D eigenvalue weighted by molar-refractivity contribution is 0.0948. The molecule has 3 unspecified atom stereocenters. The Bertz CT molecular complexity index is 1980. The highest BCUT2D eigenvalue weighted by molar-refractivity contribution is 5.99. The fraction of sp³-hybridized carbons (Fsp3) is 0.410. The number of amides is 1. The minimum atomic E-state index is -0.557. The standard InChI is InChI=1S/C37H41FN6O3.C2H6/c1-42-17-6-10-27(42)13-15-41-37(46)30-22-43(2)33-29(35(30)45)20-31(38)34(44-18-16-40-32(23-44)26-9-5-14-39-21-26)36(33)47-28-12-11-24-7-3-4-8-25(24)19-28;1-2/h3-5,7-9,11,14,19-22,27-28,32,40H,6,10,12-13,15-18,23H2,1-2H3,(H,41,46);1-2H3. The lowest BCUT2D eigenvalue weighted by atomic mass is 10.0. The first-order chi connectivity index (χ1) is 23.9. The number of hydrogen-bond acceptors (Lipinski definition) is 7. The van der Waals surface area contributed by atoms with Crippen molar-refractivity contribution in [3.8, 4) is 5.75 Å². The molecule has 4 aromatic rings. The Labute approximate surface area is 287 Å². The maximum atomic E-state index is 16.5. The predicted molar refractivity (Wildman–Crippen MR) is 194 cm³/mol. The van der Waals surface area contributed by atoms with Crippen LogP contribution in [0.25, 0.3) is 23.1 Å². The average molecular weight is 667 g/mol. The normalized spacial score (nSPS) is 20.4. The van der Waals surface area contributed by atoms with Gasteiger partial charge in [0.15, 0.2) is 11.6 Å². The Kier molecular flexibility index (Phi) is 10.7. The molecule has 3 atom stereocenters. The second-order valence-electron chi connectivity index (χ2n) is 12.9. The van der Waals surface area contributed by atoms with Crippen LogP contribution in [0, 0.1) is 5.82 Å². The van der Waals surface area contributed by atoms with Crippen LogP contribution in [-0.2, 0) is 7.05 Å². The monoisotopic (exact) mass is 666 g/mol. The fourth-order valence-corrected chi connectivity index (χ4v) is 7.30. The van der Waals surface area contributed by atoms with E-state index < -0.39 is 17.2 Å². The van der Waals surface area contributed by atoms with E-state index in [9.17, 15) is 9.59 Å². The molecule has 0 radical (unpaired) electrons. The molecule has 1 amide bonds. The molecule has 2 aromatic carbocycles. The number of carbonyl (C=O) groups is 1. The third kappa shape index (κ3) is 7.26. The number of carbonyl (C=O) groups excluding carboxylic acids is 1. The van der Waals surface area contributed by atoms with Crippen LogP contribution in [0.4, 0.5) is 10.1 Å². The van der Waals surface area contributed by atoms with Gasteiger partial charge in [-0.2, -0.15) is 0 Å². The van der Waals surface area contributed by atoms with Gasteiger partial charge in [0.05, 0.1) is 16.9 Å². The Balaban J connectivity index is 0.00000205. The van der Waals surface area contributed by atoms with E-state index in [2.05, 4.69) is 39.7 Å². The van der Waals surface area contributed by atoms with E-state index in [1.165, 1.54) is 6.07 Å². The SMILES string of the molecule is CC.CN1CCCC1CCNC(=O)c1cn(C)c2c(OC3C=c4ccccc4=CC3)c(N3CCNC(c4cccnc4)C3)c(F)cc2c1=O. The lowest BCUT2D eigenvalue weighted by Crippen LogP contribution is -2.46. The van der Waals surface area contributed by atoms with Gasteiger partial charge in [0.25, 0.3) is 5.91 Å². The van der Waals surface area contributed by atoms with Crippen LogP contribution in [0.2, 0.25) is 0 Å². The fourth-order valence-electron chi connectivity index (χ4n) is 7.30. The first kappa shape index (κ1) is 34.3. The van der Waals surface area contributed by atoms with Crippen molar-refractivity contribution >= 4 is 34.6 Å². The number of rotatable bonds is 8. The van der Waals surface area contributed by atoms with Gasteiger partial charge in [0, 0.05) is 64.3 Å². The molecule has 258 valence electrons. The number of anilines is 1. The van der Waals surface area contributed by atoms with Crippen molar-refractivity contribution in [3.63, 3.8) is 0 Å². The summed E-state index contributed by atoms with van der Waals surface area (Å²) < 4.78 is 25.0. The van der Waals surface area contributed by atoms with Gasteiger partial charge in [0.1, 0.15) is 17.4 Å². The Morgan fingerprint density at radius 1 is 1.12 bits per heavy atom. The summed E-state index contributed by atoms with van der Waals surface area (Å²) in [4.78, 5) is 35.8. The molecule has 0 bridgehead atoms. The second kappa shape index (κ2) is 15.3. The number of nitrogens with zero attached hydrogens (tertiary/aromatic N) is 4. The Hall–Kier alpha value is -4.54. The molecule has 4 heterocycles. The highest BCUT2D eigenvalue weighted by atomic mass is 19.1. The van der Waals surface area contributed by atoms with E-state index in [0.29, 0.717) is 55.6 Å². The van der Waals surface area contributed by atoms with Gasteiger partial charge in [-0.15, -0.1) is 0 Å². The third-order valence-corrected chi connectivity index (χ3v) is 9.81. The summed E-state index contributed by atoms with van der Waals surface area (Å²) in [5, 5.41) is 8.74. The highest BCUT2D eigenvalue weighted by Crippen LogP contribution is 2.40. The van der Waals surface area contributed by atoms with Crippen molar-refractivity contribution in [2.75, 3.05) is 44.7 Å². The smallest absolute Gasteiger partial charge is 0.256 e. The lowest BCUT2D eigenvalue weighted by Gasteiger charge is -2.37. The molecule has 49 heavy (non-hydrogen) atoms. The van der Waals surface area contributed by atoms with Crippen LogP contribution in [0.3, 0.4) is 0 Å². The molecule has 10 heteroatoms. The number of piperazine rings is 1. The summed E-state index contributed by atoms with van der Waals surface area (Å²) in [6.45, 7) is 7.18. The number of nitrogens with one attached hydrogen (secondary N) is 2. The third-order valence-electron chi connectivity index (χ3n) is 9.81. The first-order valence-electron chi connectivity index (χ1n) is 17.5. The van der Waals surface area contributed by atoms with Crippen LogP contribution in [0.15, 0.2) is 65.8 Å². The number of fused-ring (bicyclic) bond motifs is 2. The van der Waals surface area contributed by atoms with E-state index in [1.807, 2.05) is 61.4 Å². The van der Waals surface area contributed by atoms with E-state index >= 15 is 4.39 Å². The zero-order valence-corrected chi connectivity index (χ0v) is 28.9. The minimum Gasteiger partial charge on any atom is -0.481 e. The maximum absolute atomic E-state index is 16.5. The van der Waals surface area contributed by atoms with Gasteiger partial charge in [-0.1, -0.05) is 50.3 Å². The van der Waals surface area contributed by atoms with Gasteiger partial charge < -0.3 is 29.7 Å². The molecule has 0 saturated carbocycles. The maximum Gasteiger partial charge on any atom is 0.256 e. The number of hydrogen-bond donors (Lipinski definition) is 2. The number of benzene rings is 2. The molecule has 1 aliphatic carbocycles. The quantitative estimate of drug-likeness (QED) is 0.295. The van der Waals surface area contributed by atoms with Gasteiger partial charge in [-0.05, 0) is 67.1 Å². The molecule has 2 aliphatic heterocycles. The van der Waals surface area contributed by atoms with Crippen LogP contribution in [0.1, 0.15) is 61.5 Å². The summed E-state index contributed by atoms with van der Waals surface area (Å²) in [6, 6.07) is 13.6. The number of aryl methyl sites for hydroxylation is 1. The highest BCUT2D eigenvalue weighted by Gasteiger charge is 2.30. The Morgan fingerprint density at radius 3 is 2.69 bits per heavy atom. The molecule has 2 saturated heterocycles.